The second-order valence-electron chi connectivity index (χ2n) is 4.22. The van der Waals surface area contributed by atoms with Crippen molar-refractivity contribution in [3.63, 3.8) is 0 Å². The zero-order valence-electron chi connectivity index (χ0n) is 9.79. The van der Waals surface area contributed by atoms with Crippen LogP contribution in [-0.4, -0.2) is 23.1 Å². The minimum absolute atomic E-state index is 0.156. The number of fused-ring (bicyclic) bond motifs is 1. The number of nitrogens with one attached hydrogen (secondary N) is 1. The minimum Gasteiger partial charge on any atom is -0.356 e. The van der Waals surface area contributed by atoms with E-state index < -0.39 is 0 Å². The molecule has 0 unspecified atom stereocenters. The molecule has 3 heterocycles. The van der Waals surface area contributed by atoms with Crippen molar-refractivity contribution in [2.75, 3.05) is 18.0 Å². The molecular weight excluding hydrogens is 188 g/mol. The van der Waals surface area contributed by atoms with Gasteiger partial charge in [0.25, 0.3) is 0 Å². The van der Waals surface area contributed by atoms with Crippen molar-refractivity contribution < 1.29 is 1.37 Å². The van der Waals surface area contributed by atoms with E-state index in [-0.39, 0.29) is 6.30 Å². The maximum atomic E-state index is 7.65. The quantitative estimate of drug-likeness (QED) is 0.746. The van der Waals surface area contributed by atoms with Crippen LogP contribution in [0.5, 0.6) is 0 Å². The van der Waals surface area contributed by atoms with Crippen molar-refractivity contribution >= 4 is 5.82 Å². The lowest BCUT2D eigenvalue weighted by atomic mass is 10.1. The molecule has 0 radical (unpaired) electrons. The summed E-state index contributed by atoms with van der Waals surface area (Å²) in [6, 6.07) is 0. The van der Waals surface area contributed by atoms with Crippen LogP contribution in [0.4, 0.5) is 5.82 Å². The lowest BCUT2D eigenvalue weighted by molar-refractivity contribution is 0.571. The molecule has 0 bridgehead atoms. The van der Waals surface area contributed by atoms with E-state index in [0.717, 1.165) is 37.7 Å². The van der Waals surface area contributed by atoms with Crippen molar-refractivity contribution in [1.82, 2.24) is 15.3 Å². The lowest BCUT2D eigenvalue weighted by Crippen LogP contribution is -2.31. The largest absolute Gasteiger partial charge is 0.356 e. The SMILES string of the molecule is [3H]c1nc2c(c(N3CCCCC3)n1)CNC2. The van der Waals surface area contributed by atoms with Crippen LogP contribution in [0.25, 0.3) is 0 Å². The summed E-state index contributed by atoms with van der Waals surface area (Å²) in [7, 11) is 0. The second-order valence-corrected chi connectivity index (χ2v) is 4.22. The molecule has 0 spiro atoms. The Hall–Kier alpha value is -1.16. The maximum Gasteiger partial charge on any atom is 0.136 e. The van der Waals surface area contributed by atoms with E-state index >= 15 is 0 Å². The molecule has 4 nitrogen and oxygen atoms in total. The van der Waals surface area contributed by atoms with E-state index in [4.69, 9.17) is 1.37 Å². The van der Waals surface area contributed by atoms with Crippen molar-refractivity contribution in [2.45, 2.75) is 32.4 Å². The van der Waals surface area contributed by atoms with Crippen LogP contribution >= 0.6 is 0 Å². The van der Waals surface area contributed by atoms with Gasteiger partial charge >= 0.3 is 0 Å². The van der Waals surface area contributed by atoms with E-state index in [1.165, 1.54) is 24.8 Å². The van der Waals surface area contributed by atoms with E-state index in [1.54, 1.807) is 0 Å². The van der Waals surface area contributed by atoms with Gasteiger partial charge in [-0.05, 0) is 19.3 Å². The third-order valence-corrected chi connectivity index (χ3v) is 3.21. The Morgan fingerprint density at radius 1 is 1.20 bits per heavy atom. The summed E-state index contributed by atoms with van der Waals surface area (Å²) in [5.41, 5.74) is 2.22. The first kappa shape index (κ1) is 8.05. The van der Waals surface area contributed by atoms with E-state index in [0.29, 0.717) is 0 Å². The molecule has 3 rings (SSSR count). The maximum absolute atomic E-state index is 7.65. The van der Waals surface area contributed by atoms with Gasteiger partial charge in [0.2, 0.25) is 0 Å². The number of rotatable bonds is 1. The molecular formula is C11H16N4. The van der Waals surface area contributed by atoms with Crippen molar-refractivity contribution in [3.05, 3.63) is 17.6 Å². The number of piperidine rings is 1. The number of anilines is 1. The van der Waals surface area contributed by atoms with Gasteiger partial charge in [0.15, 0.2) is 0 Å². The molecule has 0 aromatic carbocycles. The van der Waals surface area contributed by atoms with Crippen molar-refractivity contribution in [3.8, 4) is 0 Å². The van der Waals surface area contributed by atoms with Gasteiger partial charge in [-0.1, -0.05) is 0 Å². The standard InChI is InChI=1S/C11H16N4/c1-2-4-15(5-3-1)11-9-6-12-7-10(9)13-8-14-11/h8,12H,1-7H2/i8T. The predicted molar refractivity (Wildman–Crippen MR) is 58.6 cm³/mol. The number of aromatic nitrogens is 2. The molecule has 1 fully saturated rings. The molecule has 80 valence electrons. The normalized spacial score (nSPS) is 21.3. The molecule has 1 aromatic heterocycles. The smallest absolute Gasteiger partial charge is 0.136 e. The topological polar surface area (TPSA) is 41.1 Å². The van der Waals surface area contributed by atoms with Crippen molar-refractivity contribution in [1.29, 1.82) is 0 Å². The summed E-state index contributed by atoms with van der Waals surface area (Å²) in [5.74, 6) is 1.000. The first-order valence-corrected chi connectivity index (χ1v) is 5.66. The zero-order chi connectivity index (χ0) is 11.0. The Morgan fingerprint density at radius 3 is 2.93 bits per heavy atom. The van der Waals surface area contributed by atoms with E-state index in [1.807, 2.05) is 0 Å². The van der Waals surface area contributed by atoms with Gasteiger partial charge in [-0.3, -0.25) is 0 Å². The fraction of sp³-hybridized carbons (Fsp3) is 0.636. The molecule has 2 aliphatic rings. The molecule has 15 heavy (non-hydrogen) atoms. The number of nitrogens with zero attached hydrogens (tertiary/aromatic N) is 3. The number of hydrogen-bond donors (Lipinski definition) is 1. The lowest BCUT2D eigenvalue weighted by Gasteiger charge is -2.28. The van der Waals surface area contributed by atoms with Crippen LogP contribution in [0, 0.1) is 0 Å². The molecule has 1 N–H and O–H groups in total. The molecule has 0 atom stereocenters. The summed E-state index contributed by atoms with van der Waals surface area (Å²) in [6.07, 6.45) is 3.94. The third kappa shape index (κ3) is 1.59. The van der Waals surface area contributed by atoms with Crippen molar-refractivity contribution in [2.24, 2.45) is 0 Å². The molecule has 0 aliphatic carbocycles. The summed E-state index contributed by atoms with van der Waals surface area (Å²) in [4.78, 5) is 10.8. The average molecular weight is 206 g/mol. The van der Waals surface area contributed by atoms with Crippen LogP contribution in [0.2, 0.25) is 0 Å². The van der Waals surface area contributed by atoms with E-state index in [9.17, 15) is 0 Å². The highest BCUT2D eigenvalue weighted by molar-refractivity contribution is 5.50. The van der Waals surface area contributed by atoms with Gasteiger partial charge in [-0.15, -0.1) is 0 Å². The van der Waals surface area contributed by atoms with Crippen LogP contribution in [0.3, 0.4) is 0 Å². The molecule has 4 heteroatoms. The Bertz CT molecular complexity index is 401. The highest BCUT2D eigenvalue weighted by Crippen LogP contribution is 2.25. The van der Waals surface area contributed by atoms with Gasteiger partial charge in [0, 0.05) is 31.7 Å². The van der Waals surface area contributed by atoms with E-state index in [2.05, 4.69) is 20.2 Å². The number of hydrogen-bond acceptors (Lipinski definition) is 4. The van der Waals surface area contributed by atoms with Gasteiger partial charge in [0.05, 0.1) is 5.69 Å². The van der Waals surface area contributed by atoms with Crippen LogP contribution in [0.15, 0.2) is 6.30 Å². The fourth-order valence-electron chi connectivity index (χ4n) is 2.40. The Kier molecular flexibility index (Phi) is 2.02. The highest BCUT2D eigenvalue weighted by Gasteiger charge is 2.21. The Balaban J connectivity index is 1.99. The second kappa shape index (κ2) is 3.77. The summed E-state index contributed by atoms with van der Waals surface area (Å²) in [5, 5.41) is 3.28. The van der Waals surface area contributed by atoms with Crippen LogP contribution in [0.1, 0.15) is 31.9 Å². The third-order valence-electron chi connectivity index (χ3n) is 3.21. The first-order chi connectivity index (χ1) is 7.84. The summed E-state index contributed by atoms with van der Waals surface area (Å²) in [6.45, 7) is 3.78. The van der Waals surface area contributed by atoms with Crippen LogP contribution in [-0.2, 0) is 13.1 Å². The van der Waals surface area contributed by atoms with Gasteiger partial charge < -0.3 is 10.2 Å². The molecule has 2 aliphatic heterocycles. The molecule has 0 saturated carbocycles. The van der Waals surface area contributed by atoms with Gasteiger partial charge in [-0.25, -0.2) is 9.97 Å². The summed E-state index contributed by atoms with van der Waals surface area (Å²) >= 11 is 0. The monoisotopic (exact) mass is 206 g/mol. The molecule has 1 aromatic rings. The molecule has 1 saturated heterocycles. The molecule has 0 amide bonds. The minimum atomic E-state index is 0.156. The zero-order valence-corrected chi connectivity index (χ0v) is 8.79. The highest BCUT2D eigenvalue weighted by atomic mass is 15.2. The Labute approximate surface area is 91.1 Å². The van der Waals surface area contributed by atoms with Gasteiger partial charge in [-0.2, -0.15) is 0 Å². The van der Waals surface area contributed by atoms with Crippen LogP contribution < -0.4 is 10.2 Å². The first-order valence-electron chi connectivity index (χ1n) is 6.16. The predicted octanol–water partition coefficient (Wildman–Crippen LogP) is 1.07. The fourth-order valence-corrected chi connectivity index (χ4v) is 2.40. The average Bonchev–Trinajstić information content (AvgIpc) is 2.77. The Morgan fingerprint density at radius 2 is 2.07 bits per heavy atom. The summed E-state index contributed by atoms with van der Waals surface area (Å²) < 4.78 is 7.65. The van der Waals surface area contributed by atoms with Gasteiger partial charge in [0.1, 0.15) is 13.5 Å².